The van der Waals surface area contributed by atoms with E-state index >= 15 is 0 Å². The number of halogens is 5. The van der Waals surface area contributed by atoms with Crippen LogP contribution in [-0.2, 0) is 11.3 Å². The third-order valence-electron chi connectivity index (χ3n) is 5.16. The van der Waals surface area contributed by atoms with Gasteiger partial charge in [0.05, 0.1) is 28.1 Å². The van der Waals surface area contributed by atoms with Gasteiger partial charge in [0.2, 0.25) is 5.91 Å². The summed E-state index contributed by atoms with van der Waals surface area (Å²) in [5, 5.41) is 15.0. The Hall–Kier alpha value is -2.47. The van der Waals surface area contributed by atoms with E-state index in [0.717, 1.165) is 17.8 Å². The first-order valence-corrected chi connectivity index (χ1v) is 13.9. The number of anilines is 1. The van der Waals surface area contributed by atoms with Gasteiger partial charge in [-0.3, -0.25) is 9.59 Å². The van der Waals surface area contributed by atoms with Crippen LogP contribution in [0.1, 0.15) is 42.5 Å². The summed E-state index contributed by atoms with van der Waals surface area (Å²) in [4.78, 5) is 25.6. The van der Waals surface area contributed by atoms with E-state index in [1.807, 2.05) is 13.8 Å². The van der Waals surface area contributed by atoms with Crippen molar-refractivity contribution in [2.24, 2.45) is 5.92 Å². The highest BCUT2D eigenvalue weighted by Crippen LogP contribution is 2.29. The predicted octanol–water partition coefficient (Wildman–Crippen LogP) is 7.06. The molecule has 0 saturated carbocycles. The smallest absolute Gasteiger partial charge is 0.253 e. The van der Waals surface area contributed by atoms with Gasteiger partial charge in [-0.2, -0.15) is 0 Å². The predicted molar refractivity (Wildman–Crippen MR) is 150 cm³/mol. The molecule has 3 aromatic rings. The van der Waals surface area contributed by atoms with Crippen molar-refractivity contribution in [1.82, 2.24) is 20.1 Å². The van der Waals surface area contributed by atoms with Gasteiger partial charge in [-0.25, -0.2) is 8.78 Å². The molecule has 2 amide bonds. The molecule has 0 aliphatic carbocycles. The van der Waals surface area contributed by atoms with Crippen molar-refractivity contribution in [2.45, 2.75) is 38.0 Å². The maximum atomic E-state index is 14.1. The van der Waals surface area contributed by atoms with Crippen molar-refractivity contribution in [3.63, 3.8) is 0 Å². The average Bonchev–Trinajstić information content (AvgIpc) is 3.22. The van der Waals surface area contributed by atoms with Crippen molar-refractivity contribution >= 4 is 68.4 Å². The lowest BCUT2D eigenvalue weighted by Crippen LogP contribution is -2.32. The largest absolute Gasteiger partial charge is 0.342 e. The number of nitrogens with one attached hydrogen (secondary N) is 2. The van der Waals surface area contributed by atoms with E-state index in [0.29, 0.717) is 35.0 Å². The number of nitrogens with zero attached hydrogens (tertiary/aromatic N) is 3. The zero-order valence-corrected chi connectivity index (χ0v) is 24.3. The van der Waals surface area contributed by atoms with Crippen LogP contribution in [0.25, 0.3) is 0 Å². The van der Waals surface area contributed by atoms with Gasteiger partial charge in [0, 0.05) is 22.1 Å². The van der Waals surface area contributed by atoms with Gasteiger partial charge >= 0.3 is 0 Å². The zero-order valence-electron chi connectivity index (χ0n) is 20.4. The molecule has 0 unspecified atom stereocenters. The number of hydrogen-bond donors (Lipinski definition) is 2. The molecule has 0 bridgehead atoms. The summed E-state index contributed by atoms with van der Waals surface area (Å²) in [6.45, 7) is 8.12. The summed E-state index contributed by atoms with van der Waals surface area (Å²) < 4.78 is 29.3. The molecule has 0 radical (unpaired) electrons. The molecule has 0 aliphatic heterocycles. The number of benzene rings is 2. The average molecular weight is 647 g/mol. The lowest BCUT2D eigenvalue weighted by atomic mass is 10.0. The van der Waals surface area contributed by atoms with Crippen LogP contribution in [0.5, 0.6) is 0 Å². The van der Waals surface area contributed by atoms with E-state index in [9.17, 15) is 18.4 Å². The molecule has 1 atom stereocenters. The van der Waals surface area contributed by atoms with Crippen LogP contribution in [0.3, 0.4) is 0 Å². The Labute approximate surface area is 241 Å². The second-order valence-corrected chi connectivity index (χ2v) is 11.2. The number of hydrogen-bond acceptors (Lipinski definition) is 5. The van der Waals surface area contributed by atoms with Crippen molar-refractivity contribution in [1.29, 1.82) is 0 Å². The summed E-state index contributed by atoms with van der Waals surface area (Å²) in [5.41, 5.74) is 0.107. The topological polar surface area (TPSA) is 88.9 Å². The van der Waals surface area contributed by atoms with Gasteiger partial charge in [-0.15, -0.1) is 16.8 Å². The van der Waals surface area contributed by atoms with Gasteiger partial charge < -0.3 is 15.2 Å². The summed E-state index contributed by atoms with van der Waals surface area (Å²) >= 11 is 16.3. The Bertz CT molecular complexity index is 1330. The van der Waals surface area contributed by atoms with E-state index < -0.39 is 29.5 Å². The van der Waals surface area contributed by atoms with Crippen LogP contribution in [-0.4, -0.2) is 32.3 Å². The summed E-state index contributed by atoms with van der Waals surface area (Å²) in [5.74, 6) is -2.05. The van der Waals surface area contributed by atoms with Crippen LogP contribution in [0, 0.1) is 17.6 Å². The van der Waals surface area contributed by atoms with Crippen LogP contribution >= 0.6 is 50.9 Å². The summed E-state index contributed by atoms with van der Waals surface area (Å²) in [6.07, 6.45) is 2.20. The molecule has 0 fully saturated rings. The number of amides is 2. The van der Waals surface area contributed by atoms with E-state index in [1.165, 1.54) is 6.07 Å². The Morgan fingerprint density at radius 1 is 1.21 bits per heavy atom. The number of carbonyl (C=O) groups excluding carboxylic acids is 2. The zero-order chi connectivity index (χ0) is 28.0. The number of carbonyl (C=O) groups is 2. The van der Waals surface area contributed by atoms with Crippen LogP contribution in [0.2, 0.25) is 10.0 Å². The lowest BCUT2D eigenvalue weighted by Gasteiger charge is -2.21. The fraction of sp³-hybridized carbons (Fsp3) is 0.280. The number of thioether (sulfide) groups is 1. The first-order chi connectivity index (χ1) is 18.0. The van der Waals surface area contributed by atoms with Gasteiger partial charge in [-0.05, 0) is 52.5 Å². The fourth-order valence-electron chi connectivity index (χ4n) is 3.54. The molecule has 202 valence electrons. The molecule has 0 saturated heterocycles. The fourth-order valence-corrected chi connectivity index (χ4v) is 5.30. The van der Waals surface area contributed by atoms with E-state index in [-0.39, 0.29) is 32.4 Å². The molecular weight excluding hydrogens is 623 g/mol. The van der Waals surface area contributed by atoms with Crippen LogP contribution < -0.4 is 10.6 Å². The molecule has 2 aromatic carbocycles. The highest BCUT2D eigenvalue weighted by molar-refractivity contribution is 9.10. The van der Waals surface area contributed by atoms with Crippen LogP contribution in [0.4, 0.5) is 14.5 Å². The monoisotopic (exact) mass is 645 g/mol. The summed E-state index contributed by atoms with van der Waals surface area (Å²) in [6, 6.07) is 5.83. The minimum atomic E-state index is -0.902. The Balaban J connectivity index is 1.80. The highest BCUT2D eigenvalue weighted by Gasteiger charge is 2.26. The quantitative estimate of drug-likeness (QED) is 0.172. The molecule has 0 spiro atoms. The Kier molecular flexibility index (Phi) is 10.7. The molecule has 2 N–H and O–H groups in total. The van der Waals surface area contributed by atoms with E-state index in [2.05, 4.69) is 43.3 Å². The van der Waals surface area contributed by atoms with Gasteiger partial charge in [-0.1, -0.05) is 54.9 Å². The van der Waals surface area contributed by atoms with Crippen molar-refractivity contribution < 1.29 is 18.4 Å². The molecular formula is C25H24BrCl2F2N5O2S. The minimum absolute atomic E-state index is 0.0820. The third kappa shape index (κ3) is 7.78. The third-order valence-corrected chi connectivity index (χ3v) is 7.30. The standard InChI is InChI=1S/C25H24BrCl2F2N5O2S/c1-4-7-35-23(20(8-13(2)3)31-24(37)16-6-5-14(27)9-18(16)28)33-34-25(35)38-12-21(36)32-22-17(26)10-15(29)11-19(22)30/h4-6,9-11,13,20H,1,7-8,12H2,2-3H3,(H,31,37)(H,32,36)/t20-/m1/s1. The molecule has 1 aromatic heterocycles. The van der Waals surface area contributed by atoms with Crippen molar-refractivity contribution in [3.05, 3.63) is 80.5 Å². The van der Waals surface area contributed by atoms with Gasteiger partial charge in [0.15, 0.2) is 16.8 Å². The molecule has 13 heteroatoms. The number of rotatable bonds is 11. The van der Waals surface area contributed by atoms with Crippen LogP contribution in [0.15, 0.2) is 52.6 Å². The van der Waals surface area contributed by atoms with Gasteiger partial charge in [0.1, 0.15) is 5.82 Å². The lowest BCUT2D eigenvalue weighted by molar-refractivity contribution is -0.113. The summed E-state index contributed by atoms with van der Waals surface area (Å²) in [7, 11) is 0. The number of allylic oxidation sites excluding steroid dienone is 1. The van der Waals surface area contributed by atoms with E-state index in [4.69, 9.17) is 23.2 Å². The normalized spacial score (nSPS) is 11.9. The first kappa shape index (κ1) is 30.1. The molecule has 0 aliphatic rings. The first-order valence-electron chi connectivity index (χ1n) is 11.4. The maximum absolute atomic E-state index is 14.1. The highest BCUT2D eigenvalue weighted by atomic mass is 79.9. The second kappa shape index (κ2) is 13.5. The molecule has 3 rings (SSSR count). The minimum Gasteiger partial charge on any atom is -0.342 e. The molecule has 38 heavy (non-hydrogen) atoms. The maximum Gasteiger partial charge on any atom is 0.253 e. The SMILES string of the molecule is C=CCn1c(SCC(=O)Nc2c(F)cc(F)cc2Br)nnc1[C@@H](CC(C)C)NC(=O)c1ccc(Cl)cc1Cl. The second-order valence-electron chi connectivity index (χ2n) is 8.60. The Morgan fingerprint density at radius 3 is 2.58 bits per heavy atom. The number of aromatic nitrogens is 3. The van der Waals surface area contributed by atoms with Gasteiger partial charge in [0.25, 0.3) is 5.91 Å². The van der Waals surface area contributed by atoms with E-state index in [1.54, 1.807) is 22.8 Å². The molecule has 7 nitrogen and oxygen atoms in total. The van der Waals surface area contributed by atoms with Crippen molar-refractivity contribution in [3.8, 4) is 0 Å². The van der Waals surface area contributed by atoms with Crippen molar-refractivity contribution in [2.75, 3.05) is 11.1 Å². The Morgan fingerprint density at radius 2 is 1.95 bits per heavy atom. The molecule has 1 heterocycles.